The molecule has 25 heavy (non-hydrogen) atoms. The summed E-state index contributed by atoms with van der Waals surface area (Å²) >= 11 is 0. The Morgan fingerprint density at radius 2 is 1.68 bits per heavy atom. The number of hydrazone groups is 1. The highest BCUT2D eigenvalue weighted by Crippen LogP contribution is 2.15. The van der Waals surface area contributed by atoms with Crippen molar-refractivity contribution in [2.24, 2.45) is 5.10 Å². The van der Waals surface area contributed by atoms with Gasteiger partial charge in [-0.25, -0.2) is 5.43 Å². The van der Waals surface area contributed by atoms with Crippen LogP contribution in [-0.2, 0) is 9.59 Å². The number of amides is 2. The lowest BCUT2D eigenvalue weighted by molar-refractivity contribution is -0.124. The highest BCUT2D eigenvalue weighted by molar-refractivity contribution is 5.99. The van der Waals surface area contributed by atoms with Crippen molar-refractivity contribution >= 4 is 34.6 Å². The van der Waals surface area contributed by atoms with Crippen molar-refractivity contribution < 1.29 is 9.59 Å². The molecule has 2 amide bonds. The van der Waals surface area contributed by atoms with E-state index in [0.29, 0.717) is 5.69 Å². The van der Waals surface area contributed by atoms with E-state index in [1.807, 2.05) is 48.7 Å². The summed E-state index contributed by atoms with van der Waals surface area (Å²) < 4.78 is 0. The maximum atomic E-state index is 11.8. The highest BCUT2D eigenvalue weighted by Gasteiger charge is 2.06. The molecule has 0 aliphatic heterocycles. The number of nitrogens with one attached hydrogen (secondary N) is 3. The third kappa shape index (κ3) is 4.54. The van der Waals surface area contributed by atoms with Gasteiger partial charge in [-0.3, -0.25) is 9.59 Å². The van der Waals surface area contributed by atoms with E-state index in [2.05, 4.69) is 20.8 Å². The molecule has 0 aliphatic rings. The average molecular weight is 334 g/mol. The molecule has 2 aromatic carbocycles. The molecule has 1 aromatic heterocycles. The number of nitrogens with zero attached hydrogens (tertiary/aromatic N) is 1. The molecule has 3 rings (SSSR count). The second kappa shape index (κ2) is 7.92. The van der Waals surface area contributed by atoms with Crippen molar-refractivity contribution in [2.75, 3.05) is 5.32 Å². The van der Waals surface area contributed by atoms with Crippen LogP contribution < -0.4 is 10.7 Å². The minimum atomic E-state index is -0.306. The molecule has 6 nitrogen and oxygen atoms in total. The van der Waals surface area contributed by atoms with Gasteiger partial charge in [-0.05, 0) is 18.2 Å². The Hall–Kier alpha value is -3.41. The lowest BCUT2D eigenvalue weighted by Crippen LogP contribution is -2.20. The van der Waals surface area contributed by atoms with E-state index in [-0.39, 0.29) is 24.7 Å². The van der Waals surface area contributed by atoms with Crippen LogP contribution in [0.1, 0.15) is 18.4 Å². The fourth-order valence-electron chi connectivity index (χ4n) is 2.40. The van der Waals surface area contributed by atoms with Gasteiger partial charge in [0.05, 0.1) is 6.21 Å². The maximum absolute atomic E-state index is 11.8. The number of para-hydroxylation sites is 2. The first-order valence-electron chi connectivity index (χ1n) is 7.95. The number of anilines is 1. The second-order valence-electron chi connectivity index (χ2n) is 5.50. The Bertz CT molecular complexity index is 900. The minimum absolute atomic E-state index is 0.0733. The molecule has 0 fully saturated rings. The summed E-state index contributed by atoms with van der Waals surface area (Å²) in [6, 6.07) is 17.0. The molecule has 0 saturated carbocycles. The first-order valence-corrected chi connectivity index (χ1v) is 7.95. The van der Waals surface area contributed by atoms with Gasteiger partial charge < -0.3 is 10.3 Å². The van der Waals surface area contributed by atoms with Gasteiger partial charge in [0.25, 0.3) is 0 Å². The topological polar surface area (TPSA) is 86.3 Å². The normalized spacial score (nSPS) is 10.9. The predicted octanol–water partition coefficient (Wildman–Crippen LogP) is 3.04. The van der Waals surface area contributed by atoms with Crippen LogP contribution in [-0.4, -0.2) is 23.0 Å². The minimum Gasteiger partial charge on any atom is -0.361 e. The van der Waals surface area contributed by atoms with Gasteiger partial charge in [0.15, 0.2) is 0 Å². The van der Waals surface area contributed by atoms with Gasteiger partial charge in [0, 0.05) is 41.2 Å². The molecule has 126 valence electrons. The van der Waals surface area contributed by atoms with E-state index in [4.69, 9.17) is 0 Å². The van der Waals surface area contributed by atoms with Crippen molar-refractivity contribution in [3.05, 3.63) is 66.4 Å². The number of aromatic amines is 1. The number of fused-ring (bicyclic) bond motifs is 1. The summed E-state index contributed by atoms with van der Waals surface area (Å²) in [5.74, 6) is -0.513. The summed E-state index contributed by atoms with van der Waals surface area (Å²) in [6.07, 6.45) is 3.58. The number of carbonyl (C=O) groups is 2. The molecular weight excluding hydrogens is 316 g/mol. The Kier molecular flexibility index (Phi) is 5.21. The SMILES string of the molecule is O=C(CCC(=O)Nc1ccccc1)N/N=C\c1c[nH]c2ccccc12. The smallest absolute Gasteiger partial charge is 0.240 e. The first-order chi connectivity index (χ1) is 12.2. The van der Waals surface area contributed by atoms with Crippen LogP contribution in [0, 0.1) is 0 Å². The van der Waals surface area contributed by atoms with Gasteiger partial charge in [0.1, 0.15) is 0 Å². The van der Waals surface area contributed by atoms with E-state index in [0.717, 1.165) is 16.5 Å². The summed E-state index contributed by atoms with van der Waals surface area (Å²) in [5, 5.41) is 7.71. The van der Waals surface area contributed by atoms with Crippen LogP contribution in [0.5, 0.6) is 0 Å². The summed E-state index contributed by atoms with van der Waals surface area (Å²) in [4.78, 5) is 26.7. The number of benzene rings is 2. The lowest BCUT2D eigenvalue weighted by atomic mass is 10.2. The number of aromatic nitrogens is 1. The molecule has 0 radical (unpaired) electrons. The predicted molar refractivity (Wildman–Crippen MR) is 98.3 cm³/mol. The molecule has 3 N–H and O–H groups in total. The summed E-state index contributed by atoms with van der Waals surface area (Å²) in [5.41, 5.74) is 5.05. The number of H-pyrrole nitrogens is 1. The Morgan fingerprint density at radius 3 is 2.52 bits per heavy atom. The van der Waals surface area contributed by atoms with Crippen LogP contribution in [0.25, 0.3) is 10.9 Å². The standard InChI is InChI=1S/C19H18N4O2/c24-18(22-15-6-2-1-3-7-15)10-11-19(25)23-21-13-14-12-20-17-9-5-4-8-16(14)17/h1-9,12-13,20H,10-11H2,(H,22,24)(H,23,25)/b21-13-. The molecule has 6 heteroatoms. The summed E-state index contributed by atoms with van der Waals surface area (Å²) in [6.45, 7) is 0. The number of rotatable bonds is 6. The summed E-state index contributed by atoms with van der Waals surface area (Å²) in [7, 11) is 0. The van der Waals surface area contributed by atoms with Crippen molar-refractivity contribution in [3.63, 3.8) is 0 Å². The maximum Gasteiger partial charge on any atom is 0.240 e. The molecule has 3 aromatic rings. The van der Waals surface area contributed by atoms with Gasteiger partial charge >= 0.3 is 0 Å². The van der Waals surface area contributed by atoms with Crippen LogP contribution in [0.4, 0.5) is 5.69 Å². The van der Waals surface area contributed by atoms with E-state index < -0.39 is 0 Å². The van der Waals surface area contributed by atoms with Crippen LogP contribution in [0.2, 0.25) is 0 Å². The van der Waals surface area contributed by atoms with E-state index in [1.165, 1.54) is 0 Å². The molecule has 0 aliphatic carbocycles. The molecular formula is C19H18N4O2. The van der Waals surface area contributed by atoms with Gasteiger partial charge in [0.2, 0.25) is 11.8 Å². The van der Waals surface area contributed by atoms with Gasteiger partial charge in [-0.1, -0.05) is 36.4 Å². The second-order valence-corrected chi connectivity index (χ2v) is 5.50. The Labute approximate surface area is 144 Å². The lowest BCUT2D eigenvalue weighted by Gasteiger charge is -2.04. The fraction of sp³-hybridized carbons (Fsp3) is 0.105. The Balaban J connectivity index is 1.45. The monoisotopic (exact) mass is 334 g/mol. The van der Waals surface area contributed by atoms with Crippen molar-refractivity contribution in [1.29, 1.82) is 0 Å². The van der Waals surface area contributed by atoms with Crippen molar-refractivity contribution in [3.8, 4) is 0 Å². The average Bonchev–Trinajstić information content (AvgIpc) is 3.04. The first kappa shape index (κ1) is 16.4. The number of hydrogen-bond donors (Lipinski definition) is 3. The molecule has 0 unspecified atom stereocenters. The Morgan fingerprint density at radius 1 is 0.960 bits per heavy atom. The fourth-order valence-corrected chi connectivity index (χ4v) is 2.40. The molecule has 0 saturated heterocycles. The third-order valence-corrected chi connectivity index (χ3v) is 3.65. The quantitative estimate of drug-likeness (QED) is 0.478. The molecule has 1 heterocycles. The van der Waals surface area contributed by atoms with E-state index >= 15 is 0 Å². The molecule has 0 bridgehead atoms. The molecule has 0 spiro atoms. The highest BCUT2D eigenvalue weighted by atomic mass is 16.2. The van der Waals surface area contributed by atoms with Crippen LogP contribution >= 0.6 is 0 Å². The molecule has 0 atom stereocenters. The third-order valence-electron chi connectivity index (χ3n) is 3.65. The van der Waals surface area contributed by atoms with Crippen LogP contribution in [0.3, 0.4) is 0 Å². The van der Waals surface area contributed by atoms with E-state index in [9.17, 15) is 9.59 Å². The zero-order chi connectivity index (χ0) is 17.5. The number of hydrogen-bond acceptors (Lipinski definition) is 3. The van der Waals surface area contributed by atoms with Gasteiger partial charge in [-0.15, -0.1) is 0 Å². The van der Waals surface area contributed by atoms with E-state index in [1.54, 1.807) is 18.3 Å². The van der Waals surface area contributed by atoms with Crippen LogP contribution in [0.15, 0.2) is 65.9 Å². The van der Waals surface area contributed by atoms with Crippen molar-refractivity contribution in [1.82, 2.24) is 10.4 Å². The van der Waals surface area contributed by atoms with Gasteiger partial charge in [-0.2, -0.15) is 5.10 Å². The number of carbonyl (C=O) groups excluding carboxylic acids is 2. The zero-order valence-electron chi connectivity index (χ0n) is 13.5. The largest absolute Gasteiger partial charge is 0.361 e. The van der Waals surface area contributed by atoms with Crippen molar-refractivity contribution in [2.45, 2.75) is 12.8 Å². The zero-order valence-corrected chi connectivity index (χ0v) is 13.5.